The van der Waals surface area contributed by atoms with E-state index >= 15 is 0 Å². The fraction of sp³-hybridized carbons (Fsp3) is 0.160. The predicted octanol–water partition coefficient (Wildman–Crippen LogP) is 4.88. The minimum absolute atomic E-state index is 0.0626. The van der Waals surface area contributed by atoms with Gasteiger partial charge in [-0.2, -0.15) is 10.1 Å². The van der Waals surface area contributed by atoms with Crippen LogP contribution < -0.4 is 4.90 Å². The van der Waals surface area contributed by atoms with E-state index in [1.54, 1.807) is 9.58 Å². The summed E-state index contributed by atoms with van der Waals surface area (Å²) >= 11 is 0. The van der Waals surface area contributed by atoms with E-state index in [0.29, 0.717) is 17.9 Å². The molecule has 1 amide bonds. The molecule has 5 rings (SSSR count). The van der Waals surface area contributed by atoms with Crippen LogP contribution in [0.25, 0.3) is 0 Å². The third-order valence-corrected chi connectivity index (χ3v) is 6.01. The molecule has 8 nitrogen and oxygen atoms in total. The number of carbonyl (C=O) groups excluding carboxylic acids is 1. The van der Waals surface area contributed by atoms with Crippen LogP contribution in [0.15, 0.2) is 85.2 Å². The van der Waals surface area contributed by atoms with Crippen molar-refractivity contribution in [2.75, 3.05) is 4.90 Å². The van der Waals surface area contributed by atoms with Crippen LogP contribution in [0.2, 0.25) is 0 Å². The van der Waals surface area contributed by atoms with E-state index in [0.717, 1.165) is 11.1 Å². The molecule has 0 N–H and O–H groups in total. The molecule has 8 heteroatoms. The first-order valence-corrected chi connectivity index (χ1v) is 10.6. The van der Waals surface area contributed by atoms with E-state index < -0.39 is 4.92 Å². The molecule has 0 fully saturated rings. The normalized spacial score (nSPS) is 17.4. The maximum absolute atomic E-state index is 13.7. The number of nitro benzene ring substituents is 1. The zero-order valence-electron chi connectivity index (χ0n) is 17.9. The SMILES string of the molecule is Cc1ccc([C@@H]2C[C@H](c3ccccc3)N(C(=O)c3ccc([N+](=O)[O-])cc3)c3ncnn32)cc1. The third kappa shape index (κ3) is 3.76. The van der Waals surface area contributed by atoms with Crippen LogP contribution in [0, 0.1) is 17.0 Å². The number of amides is 1. The third-order valence-electron chi connectivity index (χ3n) is 6.01. The number of hydrogen-bond acceptors (Lipinski definition) is 5. The van der Waals surface area contributed by atoms with E-state index in [2.05, 4.69) is 34.3 Å². The molecule has 1 aliphatic heterocycles. The van der Waals surface area contributed by atoms with Crippen molar-refractivity contribution in [2.45, 2.75) is 25.4 Å². The van der Waals surface area contributed by atoms with Crippen molar-refractivity contribution >= 4 is 17.5 Å². The van der Waals surface area contributed by atoms with Crippen molar-refractivity contribution < 1.29 is 9.72 Å². The van der Waals surface area contributed by atoms with Gasteiger partial charge in [0.15, 0.2) is 0 Å². The lowest BCUT2D eigenvalue weighted by molar-refractivity contribution is -0.384. The lowest BCUT2D eigenvalue weighted by Gasteiger charge is -2.39. The van der Waals surface area contributed by atoms with Crippen molar-refractivity contribution in [2.24, 2.45) is 0 Å². The van der Waals surface area contributed by atoms with Crippen molar-refractivity contribution in [3.63, 3.8) is 0 Å². The van der Waals surface area contributed by atoms with Crippen LogP contribution in [-0.4, -0.2) is 25.6 Å². The second-order valence-corrected chi connectivity index (χ2v) is 8.07. The Hall–Kier alpha value is -4.33. The number of benzene rings is 3. The Kier molecular flexibility index (Phi) is 5.18. The molecule has 2 heterocycles. The van der Waals surface area contributed by atoms with Crippen LogP contribution in [0.5, 0.6) is 0 Å². The van der Waals surface area contributed by atoms with Gasteiger partial charge >= 0.3 is 0 Å². The van der Waals surface area contributed by atoms with Crippen molar-refractivity contribution in [1.29, 1.82) is 0 Å². The van der Waals surface area contributed by atoms with Crippen LogP contribution in [-0.2, 0) is 0 Å². The molecule has 1 aromatic heterocycles. The van der Waals surface area contributed by atoms with Gasteiger partial charge in [-0.05, 0) is 36.6 Å². The number of nitro groups is 1. The highest BCUT2D eigenvalue weighted by Gasteiger charge is 2.39. The quantitative estimate of drug-likeness (QED) is 0.334. The van der Waals surface area contributed by atoms with Gasteiger partial charge in [-0.15, -0.1) is 0 Å². The number of anilines is 1. The molecule has 1 aliphatic rings. The molecule has 0 unspecified atom stereocenters. The summed E-state index contributed by atoms with van der Waals surface area (Å²) in [5.74, 6) is 0.166. The van der Waals surface area contributed by atoms with Crippen molar-refractivity contribution in [3.05, 3.63) is 118 Å². The molecule has 164 valence electrons. The molecule has 0 saturated carbocycles. The first-order valence-electron chi connectivity index (χ1n) is 10.6. The predicted molar refractivity (Wildman–Crippen MR) is 123 cm³/mol. The van der Waals surface area contributed by atoms with Gasteiger partial charge in [-0.3, -0.25) is 19.8 Å². The Balaban J connectivity index is 1.61. The summed E-state index contributed by atoms with van der Waals surface area (Å²) < 4.78 is 1.79. The molecule has 4 aromatic rings. The molecule has 0 bridgehead atoms. The number of fused-ring (bicyclic) bond motifs is 1. The standard InChI is InChI=1S/C25H21N5O3/c1-17-7-9-19(10-8-17)23-15-22(18-5-3-2-4-6-18)28(25-26-16-27-29(23)25)24(31)20-11-13-21(14-12-20)30(32)33/h2-14,16,22-23H,15H2,1H3/t22-,23+/m1/s1. The first-order chi connectivity index (χ1) is 16.0. The van der Waals surface area contributed by atoms with Gasteiger partial charge < -0.3 is 0 Å². The number of aromatic nitrogens is 3. The molecule has 2 atom stereocenters. The zero-order chi connectivity index (χ0) is 22.9. The second-order valence-electron chi connectivity index (χ2n) is 8.07. The van der Waals surface area contributed by atoms with E-state index in [1.807, 2.05) is 37.3 Å². The smallest absolute Gasteiger partial charge is 0.269 e. The average Bonchev–Trinajstić information content (AvgIpc) is 3.34. The number of non-ortho nitro benzene ring substituents is 1. The van der Waals surface area contributed by atoms with Gasteiger partial charge in [0.2, 0.25) is 5.95 Å². The lowest BCUT2D eigenvalue weighted by Crippen LogP contribution is -2.42. The summed E-state index contributed by atoms with van der Waals surface area (Å²) in [4.78, 5) is 30.3. The van der Waals surface area contributed by atoms with Crippen LogP contribution in [0.4, 0.5) is 11.6 Å². The summed E-state index contributed by atoms with van der Waals surface area (Å²) in [7, 11) is 0. The summed E-state index contributed by atoms with van der Waals surface area (Å²) in [6.07, 6.45) is 2.07. The van der Waals surface area contributed by atoms with Crippen molar-refractivity contribution in [3.8, 4) is 0 Å². The van der Waals surface area contributed by atoms with E-state index in [1.165, 1.54) is 36.2 Å². The minimum atomic E-state index is -0.481. The van der Waals surface area contributed by atoms with Crippen LogP contribution in [0.1, 0.15) is 45.6 Å². The Morgan fingerprint density at radius 2 is 1.61 bits per heavy atom. The fourth-order valence-electron chi connectivity index (χ4n) is 4.32. The topological polar surface area (TPSA) is 94.2 Å². The van der Waals surface area contributed by atoms with E-state index in [4.69, 9.17) is 0 Å². The monoisotopic (exact) mass is 439 g/mol. The highest BCUT2D eigenvalue weighted by molar-refractivity contribution is 6.06. The Morgan fingerprint density at radius 1 is 0.939 bits per heavy atom. The number of hydrogen-bond donors (Lipinski definition) is 0. The molecule has 3 aromatic carbocycles. The molecule has 0 spiro atoms. The fourth-order valence-corrected chi connectivity index (χ4v) is 4.32. The summed E-state index contributed by atoms with van der Waals surface area (Å²) in [5, 5.41) is 15.5. The zero-order valence-corrected chi connectivity index (χ0v) is 17.9. The van der Waals surface area contributed by atoms with E-state index in [9.17, 15) is 14.9 Å². The van der Waals surface area contributed by atoms with Gasteiger partial charge in [0.25, 0.3) is 11.6 Å². The number of rotatable bonds is 4. The highest BCUT2D eigenvalue weighted by Crippen LogP contribution is 2.42. The number of nitrogens with zero attached hydrogens (tertiary/aromatic N) is 5. The summed E-state index contributed by atoms with van der Waals surface area (Å²) in [6.45, 7) is 2.04. The van der Waals surface area contributed by atoms with Gasteiger partial charge in [0.05, 0.1) is 17.0 Å². The number of carbonyl (C=O) groups is 1. The molecule has 0 radical (unpaired) electrons. The largest absolute Gasteiger partial charge is 0.269 e. The second kappa shape index (κ2) is 8.31. The maximum atomic E-state index is 13.7. The molecular formula is C25H21N5O3. The van der Waals surface area contributed by atoms with Crippen molar-refractivity contribution in [1.82, 2.24) is 14.8 Å². The van der Waals surface area contributed by atoms with Gasteiger partial charge in [-0.1, -0.05) is 60.2 Å². The highest BCUT2D eigenvalue weighted by atomic mass is 16.6. The average molecular weight is 439 g/mol. The maximum Gasteiger partial charge on any atom is 0.269 e. The summed E-state index contributed by atoms with van der Waals surface area (Å²) in [5.41, 5.74) is 3.54. The minimum Gasteiger partial charge on any atom is -0.269 e. The van der Waals surface area contributed by atoms with Crippen LogP contribution >= 0.6 is 0 Å². The molecule has 0 saturated heterocycles. The lowest BCUT2D eigenvalue weighted by atomic mass is 9.91. The Bertz CT molecular complexity index is 1300. The Morgan fingerprint density at radius 3 is 2.27 bits per heavy atom. The van der Waals surface area contributed by atoms with Gasteiger partial charge in [0, 0.05) is 17.7 Å². The number of aryl methyl sites for hydroxylation is 1. The molecular weight excluding hydrogens is 418 g/mol. The Labute approximate surface area is 190 Å². The first kappa shape index (κ1) is 20.6. The van der Waals surface area contributed by atoms with Gasteiger partial charge in [-0.25, -0.2) is 4.68 Å². The molecule has 0 aliphatic carbocycles. The van der Waals surface area contributed by atoms with E-state index in [-0.39, 0.29) is 23.7 Å². The van der Waals surface area contributed by atoms with Gasteiger partial charge in [0.1, 0.15) is 6.33 Å². The van der Waals surface area contributed by atoms with Crippen LogP contribution in [0.3, 0.4) is 0 Å². The molecule has 33 heavy (non-hydrogen) atoms. The summed E-state index contributed by atoms with van der Waals surface area (Å²) in [6, 6.07) is 23.4.